The minimum absolute atomic E-state index is 0.0213. The second-order valence-electron chi connectivity index (χ2n) is 4.04. The summed E-state index contributed by atoms with van der Waals surface area (Å²) < 4.78 is 11.0. The second-order valence-corrected chi connectivity index (χ2v) is 4.04. The van der Waals surface area contributed by atoms with Gasteiger partial charge >= 0.3 is 0 Å². The molecule has 0 saturated carbocycles. The Labute approximate surface area is 95.2 Å². The summed E-state index contributed by atoms with van der Waals surface area (Å²) in [7, 11) is 0. The van der Waals surface area contributed by atoms with Crippen LogP contribution in [0.15, 0.2) is 12.1 Å². The maximum atomic E-state index is 9.09. The van der Waals surface area contributed by atoms with Gasteiger partial charge in [0.1, 0.15) is 6.10 Å². The summed E-state index contributed by atoms with van der Waals surface area (Å²) in [6.45, 7) is 3.43. The molecule has 1 aromatic heterocycles. The fourth-order valence-electron chi connectivity index (χ4n) is 1.82. The van der Waals surface area contributed by atoms with Crippen molar-refractivity contribution >= 4 is 0 Å². The number of hydrogen-bond acceptors (Lipinski definition) is 4. The molecule has 4 nitrogen and oxygen atoms in total. The molecule has 0 aromatic carbocycles. The Hall–Kier alpha value is -1.13. The summed E-state index contributed by atoms with van der Waals surface area (Å²) in [5, 5.41) is 9.09. The lowest BCUT2D eigenvalue weighted by atomic mass is 10.1. The molecule has 0 unspecified atom stereocenters. The molecule has 16 heavy (non-hydrogen) atoms. The summed E-state index contributed by atoms with van der Waals surface area (Å²) in [4.78, 5) is 4.30. The van der Waals surface area contributed by atoms with Crippen LogP contribution in [-0.2, 0) is 11.3 Å². The van der Waals surface area contributed by atoms with E-state index < -0.39 is 0 Å². The maximum absolute atomic E-state index is 9.09. The van der Waals surface area contributed by atoms with E-state index in [1.807, 2.05) is 13.0 Å². The van der Waals surface area contributed by atoms with E-state index in [-0.39, 0.29) is 12.7 Å². The normalized spacial score (nSPS) is 17.4. The molecule has 1 aliphatic rings. The minimum atomic E-state index is 0.0213. The van der Waals surface area contributed by atoms with E-state index in [2.05, 4.69) is 4.98 Å². The van der Waals surface area contributed by atoms with Crippen LogP contribution in [-0.4, -0.2) is 29.4 Å². The van der Waals surface area contributed by atoms with Crippen molar-refractivity contribution in [1.29, 1.82) is 0 Å². The Morgan fingerprint density at radius 2 is 2.19 bits per heavy atom. The Morgan fingerprint density at radius 1 is 1.44 bits per heavy atom. The number of aliphatic hydroxyl groups is 1. The first-order valence-electron chi connectivity index (χ1n) is 5.61. The van der Waals surface area contributed by atoms with Gasteiger partial charge in [-0.15, -0.1) is 0 Å². The Bertz CT molecular complexity index is 348. The van der Waals surface area contributed by atoms with E-state index in [0.717, 1.165) is 37.3 Å². The number of nitrogens with zero attached hydrogens (tertiary/aromatic N) is 1. The first-order chi connectivity index (χ1) is 7.78. The molecule has 0 spiro atoms. The van der Waals surface area contributed by atoms with Gasteiger partial charge < -0.3 is 14.6 Å². The van der Waals surface area contributed by atoms with Crippen LogP contribution in [0.4, 0.5) is 0 Å². The number of aliphatic hydroxyl groups excluding tert-OH is 1. The number of pyridine rings is 1. The average Bonchev–Trinajstić information content (AvgIpc) is 2.29. The molecule has 1 N–H and O–H groups in total. The second kappa shape index (κ2) is 5.27. The van der Waals surface area contributed by atoms with E-state index in [1.165, 1.54) is 0 Å². The third-order valence-electron chi connectivity index (χ3n) is 2.63. The van der Waals surface area contributed by atoms with Gasteiger partial charge in [-0.05, 0) is 18.6 Å². The summed E-state index contributed by atoms with van der Waals surface area (Å²) >= 11 is 0. The van der Waals surface area contributed by atoms with Gasteiger partial charge in [-0.1, -0.05) is 0 Å². The molecule has 1 saturated heterocycles. The van der Waals surface area contributed by atoms with Crippen molar-refractivity contribution in [3.63, 3.8) is 0 Å². The highest BCUT2D eigenvalue weighted by Crippen LogP contribution is 2.18. The molecule has 2 rings (SSSR count). The molecule has 2 heterocycles. The summed E-state index contributed by atoms with van der Waals surface area (Å²) in [5.74, 6) is 0.607. The molecule has 0 atom stereocenters. The Kier molecular flexibility index (Phi) is 3.74. The first-order valence-corrected chi connectivity index (χ1v) is 5.61. The standard InChI is InChI=1S/C12H17NO3/c1-9-6-10(8-14)7-12(13-9)16-11-2-4-15-5-3-11/h6-7,11,14H,2-5,8H2,1H3. The maximum Gasteiger partial charge on any atom is 0.214 e. The predicted octanol–water partition coefficient (Wildman–Crippen LogP) is 1.44. The lowest BCUT2D eigenvalue weighted by Crippen LogP contribution is -2.26. The van der Waals surface area contributed by atoms with Gasteiger partial charge in [-0.25, -0.2) is 4.98 Å². The third kappa shape index (κ3) is 2.93. The zero-order chi connectivity index (χ0) is 11.4. The van der Waals surface area contributed by atoms with Gasteiger partial charge in [0, 0.05) is 24.6 Å². The van der Waals surface area contributed by atoms with Gasteiger partial charge in [-0.2, -0.15) is 0 Å². The molecule has 1 fully saturated rings. The average molecular weight is 223 g/mol. The molecule has 0 radical (unpaired) electrons. The van der Waals surface area contributed by atoms with Gasteiger partial charge in [0.25, 0.3) is 0 Å². The van der Waals surface area contributed by atoms with E-state index >= 15 is 0 Å². The fraction of sp³-hybridized carbons (Fsp3) is 0.583. The molecule has 0 aliphatic carbocycles. The highest BCUT2D eigenvalue weighted by Gasteiger charge is 2.16. The van der Waals surface area contributed by atoms with E-state index in [0.29, 0.717) is 5.88 Å². The smallest absolute Gasteiger partial charge is 0.214 e. The lowest BCUT2D eigenvalue weighted by Gasteiger charge is -2.23. The van der Waals surface area contributed by atoms with Crippen molar-refractivity contribution in [2.24, 2.45) is 0 Å². The van der Waals surface area contributed by atoms with Crippen molar-refractivity contribution < 1.29 is 14.6 Å². The lowest BCUT2D eigenvalue weighted by molar-refractivity contribution is 0.0236. The quantitative estimate of drug-likeness (QED) is 0.842. The molecular weight excluding hydrogens is 206 g/mol. The molecule has 1 aromatic rings. The predicted molar refractivity (Wildman–Crippen MR) is 59.4 cm³/mol. The van der Waals surface area contributed by atoms with Crippen LogP contribution in [0.25, 0.3) is 0 Å². The number of ether oxygens (including phenoxy) is 2. The summed E-state index contributed by atoms with van der Waals surface area (Å²) in [6, 6.07) is 3.65. The largest absolute Gasteiger partial charge is 0.474 e. The van der Waals surface area contributed by atoms with Gasteiger partial charge in [-0.3, -0.25) is 0 Å². The highest BCUT2D eigenvalue weighted by atomic mass is 16.5. The molecular formula is C12H17NO3. The zero-order valence-electron chi connectivity index (χ0n) is 9.48. The molecule has 0 bridgehead atoms. The monoisotopic (exact) mass is 223 g/mol. The van der Waals surface area contributed by atoms with Crippen LogP contribution < -0.4 is 4.74 Å². The highest BCUT2D eigenvalue weighted by molar-refractivity contribution is 5.24. The number of hydrogen-bond donors (Lipinski definition) is 1. The molecule has 0 amide bonds. The van der Waals surface area contributed by atoms with Crippen LogP contribution in [0, 0.1) is 6.92 Å². The number of aryl methyl sites for hydroxylation is 1. The topological polar surface area (TPSA) is 51.6 Å². The van der Waals surface area contributed by atoms with Crippen LogP contribution in [0.3, 0.4) is 0 Å². The van der Waals surface area contributed by atoms with Crippen molar-refractivity contribution in [2.45, 2.75) is 32.5 Å². The first kappa shape index (κ1) is 11.4. The number of aromatic nitrogens is 1. The summed E-state index contributed by atoms with van der Waals surface area (Å²) in [5.41, 5.74) is 1.71. The van der Waals surface area contributed by atoms with Gasteiger partial charge in [0.05, 0.1) is 19.8 Å². The molecule has 88 valence electrons. The SMILES string of the molecule is Cc1cc(CO)cc(OC2CCOCC2)n1. The van der Waals surface area contributed by atoms with E-state index in [9.17, 15) is 0 Å². The Morgan fingerprint density at radius 3 is 2.88 bits per heavy atom. The summed E-state index contributed by atoms with van der Waals surface area (Å²) in [6.07, 6.45) is 2.00. The van der Waals surface area contributed by atoms with Crippen molar-refractivity contribution in [2.75, 3.05) is 13.2 Å². The van der Waals surface area contributed by atoms with Crippen LogP contribution in [0.1, 0.15) is 24.1 Å². The van der Waals surface area contributed by atoms with Crippen LogP contribution >= 0.6 is 0 Å². The van der Waals surface area contributed by atoms with E-state index in [1.54, 1.807) is 6.07 Å². The van der Waals surface area contributed by atoms with Crippen molar-refractivity contribution in [3.05, 3.63) is 23.4 Å². The zero-order valence-corrected chi connectivity index (χ0v) is 9.48. The van der Waals surface area contributed by atoms with Crippen LogP contribution in [0.2, 0.25) is 0 Å². The minimum Gasteiger partial charge on any atom is -0.474 e. The molecule has 1 aliphatic heterocycles. The Balaban J connectivity index is 2.04. The van der Waals surface area contributed by atoms with Crippen molar-refractivity contribution in [3.8, 4) is 5.88 Å². The molecule has 4 heteroatoms. The number of rotatable bonds is 3. The van der Waals surface area contributed by atoms with Gasteiger partial charge in [0.15, 0.2) is 0 Å². The van der Waals surface area contributed by atoms with Gasteiger partial charge in [0.2, 0.25) is 5.88 Å². The van der Waals surface area contributed by atoms with Crippen LogP contribution in [0.5, 0.6) is 5.88 Å². The fourth-order valence-corrected chi connectivity index (χ4v) is 1.82. The third-order valence-corrected chi connectivity index (χ3v) is 2.63. The van der Waals surface area contributed by atoms with E-state index in [4.69, 9.17) is 14.6 Å². The van der Waals surface area contributed by atoms with Crippen molar-refractivity contribution in [1.82, 2.24) is 4.98 Å².